The number of nitrogens with one attached hydrogen (secondary N) is 1. The molecule has 32 heavy (non-hydrogen) atoms. The van der Waals surface area contributed by atoms with Crippen molar-refractivity contribution in [1.29, 1.82) is 0 Å². The third-order valence-corrected chi connectivity index (χ3v) is 6.23. The molecule has 0 atom stereocenters. The van der Waals surface area contributed by atoms with E-state index < -0.39 is 16.0 Å². The van der Waals surface area contributed by atoms with Gasteiger partial charge in [0.05, 0.1) is 17.1 Å². The summed E-state index contributed by atoms with van der Waals surface area (Å²) in [4.78, 5) is 25.8. The first-order valence-electron chi connectivity index (χ1n) is 9.65. The predicted molar refractivity (Wildman–Crippen MR) is 124 cm³/mol. The molecule has 9 heteroatoms. The summed E-state index contributed by atoms with van der Waals surface area (Å²) in [6, 6.07) is 18.4. The summed E-state index contributed by atoms with van der Waals surface area (Å²) >= 11 is 5.86. The number of halogens is 1. The zero-order chi connectivity index (χ0) is 23.3. The number of anilines is 2. The molecule has 0 spiro atoms. The van der Waals surface area contributed by atoms with E-state index in [2.05, 4.69) is 4.72 Å². The van der Waals surface area contributed by atoms with Crippen molar-refractivity contribution in [2.45, 2.75) is 11.8 Å². The third kappa shape index (κ3) is 5.46. The van der Waals surface area contributed by atoms with Gasteiger partial charge in [-0.15, -0.1) is 0 Å². The molecular weight excluding hydrogens is 452 g/mol. The molecule has 166 valence electrons. The second-order valence-electron chi connectivity index (χ2n) is 6.77. The summed E-state index contributed by atoms with van der Waals surface area (Å²) in [5, 5.41) is 0.538. The molecule has 0 heterocycles. The van der Waals surface area contributed by atoms with Crippen molar-refractivity contribution in [3.63, 3.8) is 0 Å². The van der Waals surface area contributed by atoms with Gasteiger partial charge in [0.1, 0.15) is 0 Å². The van der Waals surface area contributed by atoms with E-state index in [9.17, 15) is 18.0 Å². The minimum Gasteiger partial charge on any atom is -0.462 e. The number of benzene rings is 3. The van der Waals surface area contributed by atoms with Crippen LogP contribution in [0.1, 0.15) is 27.6 Å². The van der Waals surface area contributed by atoms with Crippen LogP contribution < -0.4 is 9.62 Å². The lowest BCUT2D eigenvalue weighted by atomic mass is 10.2. The SMILES string of the molecule is CCOC(=O)c1ccc(S(=O)(=O)Nc2ccc(N(C)C(=O)c3ccc(Cl)cc3)cc2)cc1. The minimum absolute atomic E-state index is 0.00431. The lowest BCUT2D eigenvalue weighted by Gasteiger charge is -2.18. The van der Waals surface area contributed by atoms with Gasteiger partial charge in [0.25, 0.3) is 15.9 Å². The quantitative estimate of drug-likeness (QED) is 0.507. The lowest BCUT2D eigenvalue weighted by Crippen LogP contribution is -2.26. The number of hydrogen-bond donors (Lipinski definition) is 1. The van der Waals surface area contributed by atoms with Crippen LogP contribution in [0.15, 0.2) is 77.7 Å². The van der Waals surface area contributed by atoms with Crippen LogP contribution >= 0.6 is 11.6 Å². The normalized spacial score (nSPS) is 11.0. The van der Waals surface area contributed by atoms with E-state index >= 15 is 0 Å². The van der Waals surface area contributed by atoms with Gasteiger partial charge in [-0.1, -0.05) is 11.6 Å². The smallest absolute Gasteiger partial charge is 0.338 e. The first kappa shape index (κ1) is 23.3. The van der Waals surface area contributed by atoms with Gasteiger partial charge in [-0.2, -0.15) is 0 Å². The Labute approximate surface area is 191 Å². The number of esters is 1. The second kappa shape index (κ2) is 9.84. The zero-order valence-corrected chi connectivity index (χ0v) is 19.0. The molecule has 3 rings (SSSR count). The summed E-state index contributed by atoms with van der Waals surface area (Å²) in [6.07, 6.45) is 0. The van der Waals surface area contributed by atoms with Crippen LogP contribution in [0.25, 0.3) is 0 Å². The molecule has 3 aromatic carbocycles. The molecule has 0 unspecified atom stereocenters. The highest BCUT2D eigenvalue weighted by Crippen LogP contribution is 2.22. The highest BCUT2D eigenvalue weighted by atomic mass is 35.5. The molecule has 1 amide bonds. The van der Waals surface area contributed by atoms with E-state index in [1.807, 2.05) is 0 Å². The third-order valence-electron chi connectivity index (χ3n) is 4.58. The molecule has 0 aliphatic rings. The molecule has 0 radical (unpaired) electrons. The monoisotopic (exact) mass is 472 g/mol. The fourth-order valence-corrected chi connectivity index (χ4v) is 4.04. The molecular formula is C23H21ClN2O5S. The molecule has 7 nitrogen and oxygen atoms in total. The van der Waals surface area contributed by atoms with E-state index in [4.69, 9.17) is 16.3 Å². The second-order valence-corrected chi connectivity index (χ2v) is 8.89. The van der Waals surface area contributed by atoms with Crippen LogP contribution in [0.3, 0.4) is 0 Å². The standard InChI is InChI=1S/C23H21ClN2O5S/c1-3-31-23(28)17-6-14-21(15-7-17)32(29,30)25-19-10-12-20(13-11-19)26(2)22(27)16-4-8-18(24)9-5-16/h4-15,25H,3H2,1-2H3. The Hall–Kier alpha value is -3.36. The molecule has 0 saturated heterocycles. The number of rotatable bonds is 7. The average Bonchev–Trinajstić information content (AvgIpc) is 2.79. The van der Waals surface area contributed by atoms with Crippen molar-refractivity contribution in [1.82, 2.24) is 0 Å². The van der Waals surface area contributed by atoms with Gasteiger partial charge < -0.3 is 9.64 Å². The summed E-state index contributed by atoms with van der Waals surface area (Å²) in [7, 11) is -2.23. The van der Waals surface area contributed by atoms with Gasteiger partial charge >= 0.3 is 5.97 Å². The largest absolute Gasteiger partial charge is 0.462 e. The van der Waals surface area contributed by atoms with Gasteiger partial charge in [0, 0.05) is 29.0 Å². The Morgan fingerprint density at radius 1 is 0.906 bits per heavy atom. The van der Waals surface area contributed by atoms with Gasteiger partial charge in [0.2, 0.25) is 0 Å². The summed E-state index contributed by atoms with van der Waals surface area (Å²) in [5.74, 6) is -0.742. The molecule has 0 aromatic heterocycles. The highest BCUT2D eigenvalue weighted by Gasteiger charge is 2.17. The fraction of sp³-hybridized carbons (Fsp3) is 0.130. The van der Waals surface area contributed by atoms with Crippen molar-refractivity contribution in [2.24, 2.45) is 0 Å². The number of carbonyl (C=O) groups is 2. The van der Waals surface area contributed by atoms with Crippen LogP contribution in [-0.4, -0.2) is 33.9 Å². The van der Waals surface area contributed by atoms with E-state index in [1.54, 1.807) is 62.5 Å². The number of ether oxygens (including phenoxy) is 1. The number of hydrogen-bond acceptors (Lipinski definition) is 5. The van der Waals surface area contributed by atoms with Crippen LogP contribution in [0, 0.1) is 0 Å². The topological polar surface area (TPSA) is 92.8 Å². The van der Waals surface area contributed by atoms with E-state index in [0.29, 0.717) is 22.0 Å². The maximum atomic E-state index is 12.6. The highest BCUT2D eigenvalue weighted by molar-refractivity contribution is 7.92. The van der Waals surface area contributed by atoms with Crippen molar-refractivity contribution >= 4 is 44.9 Å². The van der Waals surface area contributed by atoms with Crippen molar-refractivity contribution in [2.75, 3.05) is 23.3 Å². The van der Waals surface area contributed by atoms with Gasteiger partial charge in [-0.3, -0.25) is 9.52 Å². The summed E-state index contributed by atoms with van der Waals surface area (Å²) in [5.41, 5.74) is 1.67. The first-order chi connectivity index (χ1) is 15.2. The van der Waals surface area contributed by atoms with Crippen molar-refractivity contribution in [3.8, 4) is 0 Å². The molecule has 0 aliphatic heterocycles. The van der Waals surface area contributed by atoms with Crippen molar-refractivity contribution in [3.05, 3.63) is 88.9 Å². The summed E-state index contributed by atoms with van der Waals surface area (Å²) < 4.78 is 32.7. The Bertz CT molecular complexity index is 1210. The minimum atomic E-state index is -3.86. The van der Waals surface area contributed by atoms with Gasteiger partial charge in [-0.05, 0) is 79.7 Å². The first-order valence-corrected chi connectivity index (χ1v) is 11.5. The molecule has 0 aliphatic carbocycles. The Morgan fingerprint density at radius 2 is 1.47 bits per heavy atom. The lowest BCUT2D eigenvalue weighted by molar-refractivity contribution is 0.0526. The van der Waals surface area contributed by atoms with E-state index in [1.165, 1.54) is 29.2 Å². The van der Waals surface area contributed by atoms with Gasteiger partial charge in [-0.25, -0.2) is 13.2 Å². The number of carbonyl (C=O) groups excluding carboxylic acids is 2. The molecule has 0 bridgehead atoms. The maximum Gasteiger partial charge on any atom is 0.338 e. The Morgan fingerprint density at radius 3 is 2.03 bits per heavy atom. The fourth-order valence-electron chi connectivity index (χ4n) is 2.86. The average molecular weight is 473 g/mol. The zero-order valence-electron chi connectivity index (χ0n) is 17.4. The maximum absolute atomic E-state index is 12.6. The molecule has 0 saturated carbocycles. The van der Waals surface area contributed by atoms with Crippen LogP contribution in [0.5, 0.6) is 0 Å². The summed E-state index contributed by atoms with van der Waals surface area (Å²) in [6.45, 7) is 1.92. The molecule has 0 fully saturated rings. The number of nitrogens with zero attached hydrogens (tertiary/aromatic N) is 1. The van der Waals surface area contributed by atoms with Crippen LogP contribution in [-0.2, 0) is 14.8 Å². The van der Waals surface area contributed by atoms with Crippen LogP contribution in [0.4, 0.5) is 11.4 Å². The number of sulfonamides is 1. The number of amides is 1. The molecule has 1 N–H and O–H groups in total. The predicted octanol–water partition coefficient (Wildman–Crippen LogP) is 4.59. The van der Waals surface area contributed by atoms with Crippen LogP contribution in [0.2, 0.25) is 5.02 Å². The van der Waals surface area contributed by atoms with Gasteiger partial charge in [0.15, 0.2) is 0 Å². The molecule has 3 aromatic rings. The Balaban J connectivity index is 1.71. The Kier molecular flexibility index (Phi) is 7.17. The van der Waals surface area contributed by atoms with E-state index in [0.717, 1.165) is 0 Å². The van der Waals surface area contributed by atoms with E-state index in [-0.39, 0.29) is 23.0 Å². The van der Waals surface area contributed by atoms with Crippen molar-refractivity contribution < 1.29 is 22.7 Å².